The van der Waals surface area contributed by atoms with E-state index in [0.717, 1.165) is 12.0 Å². The lowest BCUT2D eigenvalue weighted by molar-refractivity contribution is -0.117. The third-order valence-electron chi connectivity index (χ3n) is 2.86. The van der Waals surface area contributed by atoms with E-state index in [2.05, 4.69) is 24.1 Å². The molecular formula is C14H22ClN3O. The molecule has 0 saturated carbocycles. The highest BCUT2D eigenvalue weighted by molar-refractivity contribution is 6.32. The van der Waals surface area contributed by atoms with Crippen molar-refractivity contribution in [1.82, 2.24) is 4.98 Å². The lowest BCUT2D eigenvalue weighted by atomic mass is 9.94. The highest BCUT2D eigenvalue weighted by Crippen LogP contribution is 2.21. The van der Waals surface area contributed by atoms with Gasteiger partial charge < -0.3 is 11.1 Å². The number of aromatic nitrogens is 1. The maximum Gasteiger partial charge on any atom is 0.224 e. The number of carbonyl (C=O) groups excluding carboxylic acids is 1. The molecule has 1 amide bonds. The molecule has 3 N–H and O–H groups in total. The molecule has 1 rings (SSSR count). The summed E-state index contributed by atoms with van der Waals surface area (Å²) in [7, 11) is 0. The molecule has 0 aliphatic rings. The Balaban J connectivity index is 2.61. The topological polar surface area (TPSA) is 68.0 Å². The first kappa shape index (κ1) is 15.9. The molecule has 106 valence electrons. The second kappa shape index (κ2) is 7.46. The molecule has 0 fully saturated rings. The number of aryl methyl sites for hydroxylation is 1. The number of halogens is 1. The highest BCUT2D eigenvalue weighted by Gasteiger charge is 2.15. The Bertz CT molecular complexity index is 435. The minimum absolute atomic E-state index is 0.0644. The van der Waals surface area contributed by atoms with Crippen LogP contribution in [0.15, 0.2) is 12.3 Å². The molecule has 0 spiro atoms. The van der Waals surface area contributed by atoms with E-state index in [4.69, 9.17) is 17.3 Å². The van der Waals surface area contributed by atoms with Crippen LogP contribution in [0.4, 0.5) is 5.69 Å². The number of anilines is 1. The van der Waals surface area contributed by atoms with Gasteiger partial charge in [0.15, 0.2) is 5.15 Å². The maximum atomic E-state index is 12.0. The van der Waals surface area contributed by atoms with E-state index in [1.807, 2.05) is 13.0 Å². The van der Waals surface area contributed by atoms with Gasteiger partial charge in [0.1, 0.15) is 0 Å². The van der Waals surface area contributed by atoms with Gasteiger partial charge in [-0.25, -0.2) is 4.98 Å². The predicted octanol–water partition coefficient (Wildman–Crippen LogP) is 2.99. The van der Waals surface area contributed by atoms with Gasteiger partial charge in [-0.1, -0.05) is 25.4 Å². The average Bonchev–Trinajstić information content (AvgIpc) is 2.32. The van der Waals surface area contributed by atoms with Crippen LogP contribution in [0, 0.1) is 18.8 Å². The van der Waals surface area contributed by atoms with Crippen molar-refractivity contribution in [2.75, 3.05) is 11.9 Å². The molecule has 4 nitrogen and oxygen atoms in total. The van der Waals surface area contributed by atoms with E-state index in [-0.39, 0.29) is 11.8 Å². The van der Waals surface area contributed by atoms with E-state index in [0.29, 0.717) is 29.7 Å². The quantitative estimate of drug-likeness (QED) is 0.789. The van der Waals surface area contributed by atoms with E-state index in [9.17, 15) is 4.79 Å². The van der Waals surface area contributed by atoms with Crippen molar-refractivity contribution in [2.24, 2.45) is 17.6 Å². The van der Waals surface area contributed by atoms with Crippen LogP contribution in [-0.4, -0.2) is 17.4 Å². The van der Waals surface area contributed by atoms with E-state index in [1.165, 1.54) is 0 Å². The smallest absolute Gasteiger partial charge is 0.224 e. The Morgan fingerprint density at radius 1 is 1.53 bits per heavy atom. The van der Waals surface area contributed by atoms with Gasteiger partial charge in [-0.05, 0) is 43.4 Å². The summed E-state index contributed by atoms with van der Waals surface area (Å²) >= 11 is 5.94. The van der Waals surface area contributed by atoms with Crippen molar-refractivity contribution in [2.45, 2.75) is 33.6 Å². The van der Waals surface area contributed by atoms with Crippen molar-refractivity contribution in [3.8, 4) is 0 Å². The summed E-state index contributed by atoms with van der Waals surface area (Å²) in [5, 5.41) is 3.11. The van der Waals surface area contributed by atoms with Gasteiger partial charge in [0.05, 0.1) is 5.69 Å². The number of nitrogens with zero attached hydrogens (tertiary/aromatic N) is 1. The maximum absolute atomic E-state index is 12.0. The molecule has 19 heavy (non-hydrogen) atoms. The molecule has 0 saturated heterocycles. The van der Waals surface area contributed by atoms with Gasteiger partial charge in [-0.3, -0.25) is 4.79 Å². The van der Waals surface area contributed by atoms with Crippen LogP contribution >= 0.6 is 11.6 Å². The van der Waals surface area contributed by atoms with Crippen LogP contribution in [0.5, 0.6) is 0 Å². The SMILES string of the molecule is Cc1cnc(Cl)c(NC(=O)CC(CN)CC(C)C)c1. The summed E-state index contributed by atoms with van der Waals surface area (Å²) in [4.78, 5) is 16.0. The molecular weight excluding hydrogens is 262 g/mol. The van der Waals surface area contributed by atoms with E-state index in [1.54, 1.807) is 6.20 Å². The third-order valence-corrected chi connectivity index (χ3v) is 3.16. The number of nitrogens with one attached hydrogen (secondary N) is 1. The standard InChI is InChI=1S/C14H22ClN3O/c1-9(2)4-11(7-16)6-13(19)18-12-5-10(3)8-17-14(12)15/h5,8-9,11H,4,6-7,16H2,1-3H3,(H,18,19). The van der Waals surface area contributed by atoms with E-state index < -0.39 is 0 Å². The lowest BCUT2D eigenvalue weighted by Crippen LogP contribution is -2.23. The third kappa shape index (κ3) is 5.57. The number of pyridine rings is 1. The number of rotatable bonds is 6. The van der Waals surface area contributed by atoms with Crippen LogP contribution in [-0.2, 0) is 4.79 Å². The summed E-state index contributed by atoms with van der Waals surface area (Å²) in [6.07, 6.45) is 3.03. The van der Waals surface area contributed by atoms with Crippen molar-refractivity contribution in [1.29, 1.82) is 0 Å². The molecule has 0 aliphatic heterocycles. The first-order chi connectivity index (χ1) is 8.92. The summed E-state index contributed by atoms with van der Waals surface area (Å²) in [6, 6.07) is 1.81. The van der Waals surface area contributed by atoms with Crippen molar-refractivity contribution in [3.05, 3.63) is 23.0 Å². The fourth-order valence-electron chi connectivity index (χ4n) is 2.03. The van der Waals surface area contributed by atoms with Gasteiger partial charge in [0.2, 0.25) is 5.91 Å². The number of hydrogen-bond donors (Lipinski definition) is 2. The summed E-state index contributed by atoms with van der Waals surface area (Å²) in [5.41, 5.74) is 7.22. The van der Waals surface area contributed by atoms with Gasteiger partial charge in [0.25, 0.3) is 0 Å². The van der Waals surface area contributed by atoms with Crippen molar-refractivity contribution >= 4 is 23.2 Å². The Morgan fingerprint density at radius 2 is 2.21 bits per heavy atom. The zero-order valence-electron chi connectivity index (χ0n) is 11.7. The van der Waals surface area contributed by atoms with Crippen LogP contribution in [0.3, 0.4) is 0 Å². The second-order valence-electron chi connectivity index (χ2n) is 5.33. The molecule has 1 unspecified atom stereocenters. The highest BCUT2D eigenvalue weighted by atomic mass is 35.5. The first-order valence-electron chi connectivity index (χ1n) is 6.54. The lowest BCUT2D eigenvalue weighted by Gasteiger charge is -2.16. The number of hydrogen-bond acceptors (Lipinski definition) is 3. The molecule has 0 radical (unpaired) electrons. The van der Waals surface area contributed by atoms with Crippen LogP contribution in [0.25, 0.3) is 0 Å². The number of carbonyl (C=O) groups is 1. The van der Waals surface area contributed by atoms with Crippen LogP contribution in [0.2, 0.25) is 5.15 Å². The molecule has 1 heterocycles. The second-order valence-corrected chi connectivity index (χ2v) is 5.69. The summed E-state index contributed by atoms with van der Waals surface area (Å²) in [6.45, 7) is 6.68. The van der Waals surface area contributed by atoms with Gasteiger partial charge in [-0.2, -0.15) is 0 Å². The normalized spacial score (nSPS) is 12.5. The Hall–Kier alpha value is -1.13. The molecule has 1 aromatic heterocycles. The zero-order chi connectivity index (χ0) is 14.4. The molecule has 0 bridgehead atoms. The Kier molecular flexibility index (Phi) is 6.25. The minimum Gasteiger partial charge on any atom is -0.330 e. The molecule has 0 aliphatic carbocycles. The van der Waals surface area contributed by atoms with Crippen LogP contribution in [0.1, 0.15) is 32.3 Å². The molecule has 5 heteroatoms. The number of nitrogens with two attached hydrogens (primary N) is 1. The largest absolute Gasteiger partial charge is 0.330 e. The van der Waals surface area contributed by atoms with E-state index >= 15 is 0 Å². The van der Waals surface area contributed by atoms with Crippen molar-refractivity contribution < 1.29 is 4.79 Å². The van der Waals surface area contributed by atoms with Gasteiger partial charge in [-0.15, -0.1) is 0 Å². The molecule has 1 aromatic rings. The fourth-order valence-corrected chi connectivity index (χ4v) is 2.18. The average molecular weight is 284 g/mol. The van der Waals surface area contributed by atoms with Crippen LogP contribution < -0.4 is 11.1 Å². The summed E-state index contributed by atoms with van der Waals surface area (Å²) < 4.78 is 0. The number of amides is 1. The Morgan fingerprint density at radius 3 is 2.79 bits per heavy atom. The monoisotopic (exact) mass is 283 g/mol. The fraction of sp³-hybridized carbons (Fsp3) is 0.571. The minimum atomic E-state index is -0.0644. The summed E-state index contributed by atoms with van der Waals surface area (Å²) in [5.74, 6) is 0.674. The zero-order valence-corrected chi connectivity index (χ0v) is 12.5. The Labute approximate surface area is 119 Å². The first-order valence-corrected chi connectivity index (χ1v) is 6.92. The molecule has 1 atom stereocenters. The molecule has 0 aromatic carbocycles. The van der Waals surface area contributed by atoms with Gasteiger partial charge in [0, 0.05) is 12.6 Å². The van der Waals surface area contributed by atoms with Gasteiger partial charge >= 0.3 is 0 Å². The predicted molar refractivity (Wildman–Crippen MR) is 79.2 cm³/mol. The van der Waals surface area contributed by atoms with Crippen molar-refractivity contribution in [3.63, 3.8) is 0 Å².